The van der Waals surface area contributed by atoms with Crippen LogP contribution in [0.15, 0.2) is 170 Å². The molecule has 0 unspecified atom stereocenters. The van der Waals surface area contributed by atoms with Crippen LogP contribution >= 0.6 is 0 Å². The number of nitrogens with zero attached hydrogens (tertiary/aromatic N) is 4. The van der Waals surface area contributed by atoms with Gasteiger partial charge in [-0.3, -0.25) is 4.98 Å². The van der Waals surface area contributed by atoms with E-state index < -0.39 is 8.07 Å². The molecule has 0 saturated heterocycles. The number of fused-ring (bicyclic) bond motifs is 4. The van der Waals surface area contributed by atoms with Crippen molar-refractivity contribution in [2.24, 2.45) is 0 Å². The number of hydrogen-bond acceptors (Lipinski definition) is 2. The van der Waals surface area contributed by atoms with Crippen molar-refractivity contribution in [2.75, 3.05) is 0 Å². The zero-order valence-electron chi connectivity index (χ0n) is 39.5. The van der Waals surface area contributed by atoms with Crippen LogP contribution in [0.5, 0.6) is 0 Å². The average molecular weight is 1060 g/mol. The third kappa shape index (κ3) is 9.03. The van der Waals surface area contributed by atoms with Crippen LogP contribution in [0.4, 0.5) is 0 Å². The summed E-state index contributed by atoms with van der Waals surface area (Å²) in [6.07, 6.45) is 2.09. The Balaban J connectivity index is 0.000000249. The Morgan fingerprint density at radius 1 is 0.515 bits per heavy atom. The summed E-state index contributed by atoms with van der Waals surface area (Å²) in [5, 5.41) is 3.89. The predicted octanol–water partition coefficient (Wildman–Crippen LogP) is 15.7. The van der Waals surface area contributed by atoms with Gasteiger partial charge in [-0.2, -0.15) is 0 Å². The molecular weight excluding hydrogens is 997 g/mol. The van der Waals surface area contributed by atoms with E-state index in [1.807, 2.05) is 18.2 Å². The second-order valence-electron chi connectivity index (χ2n) is 19.1. The van der Waals surface area contributed by atoms with Crippen LogP contribution in [-0.2, 0) is 20.1 Å². The molecule has 0 aliphatic rings. The first-order valence-electron chi connectivity index (χ1n) is 23.1. The van der Waals surface area contributed by atoms with Gasteiger partial charge in [0.1, 0.15) is 0 Å². The zero-order valence-corrected chi connectivity index (χ0v) is 42.9. The molecule has 0 N–H and O–H groups in total. The molecule has 0 aliphatic carbocycles. The van der Waals surface area contributed by atoms with Crippen molar-refractivity contribution in [3.8, 4) is 45.1 Å². The van der Waals surface area contributed by atoms with Crippen LogP contribution in [-0.4, -0.2) is 27.2 Å². The molecule has 4 nitrogen and oxygen atoms in total. The molecule has 0 amide bonds. The number of pyridine rings is 1. The first-order valence-corrected chi connectivity index (χ1v) is 26.6. The zero-order chi connectivity index (χ0) is 45.4. The van der Waals surface area contributed by atoms with Gasteiger partial charge in [-0.05, 0) is 104 Å². The summed E-state index contributed by atoms with van der Waals surface area (Å²) in [6.45, 7) is 20.9. The van der Waals surface area contributed by atoms with E-state index in [1.165, 1.54) is 55.0 Å². The number of benzene rings is 7. The number of imidazole rings is 1. The first-order chi connectivity index (χ1) is 31.4. The smallest absolute Gasteiger partial charge is 0.0799 e. The summed E-state index contributed by atoms with van der Waals surface area (Å²) >= 11 is 0. The molecule has 3 aromatic heterocycles. The van der Waals surface area contributed by atoms with E-state index in [9.17, 15) is 0 Å². The summed E-state index contributed by atoms with van der Waals surface area (Å²) < 4.78 is 4.74. The molecular formula is C60H58IrN4Si-2. The third-order valence-electron chi connectivity index (χ3n) is 12.5. The average Bonchev–Trinajstić information content (AvgIpc) is 3.87. The minimum atomic E-state index is -1.34. The van der Waals surface area contributed by atoms with Crippen molar-refractivity contribution in [3.05, 3.63) is 199 Å². The summed E-state index contributed by atoms with van der Waals surface area (Å²) in [6, 6.07) is 65.0. The van der Waals surface area contributed by atoms with Crippen LogP contribution in [0.2, 0.25) is 19.6 Å². The van der Waals surface area contributed by atoms with E-state index >= 15 is 0 Å². The molecule has 0 saturated carbocycles. The molecule has 0 aliphatic heterocycles. The van der Waals surface area contributed by atoms with Crippen LogP contribution in [0.1, 0.15) is 76.0 Å². The van der Waals surface area contributed by atoms with Crippen molar-refractivity contribution >= 4 is 46.1 Å². The van der Waals surface area contributed by atoms with Crippen molar-refractivity contribution in [2.45, 2.75) is 78.9 Å². The SMILES string of the molecule is CC(C)c1cc(-c2[c-]cccc2)ncc1[Si](C)(C)C.CC(C)c1cc(-c2ccccc2)cc(C(C)C)c1-n1c(-c2[c-]cc3c(c2)c2ccccc2n3-c2ccccc2)nc2ccccc21.[Ir]. The third-order valence-corrected chi connectivity index (χ3v) is 14.5. The molecule has 6 heteroatoms. The van der Waals surface area contributed by atoms with Crippen LogP contribution < -0.4 is 5.19 Å². The maximum Gasteiger partial charge on any atom is 0.0799 e. The predicted molar refractivity (Wildman–Crippen MR) is 279 cm³/mol. The van der Waals surface area contributed by atoms with Crippen LogP contribution in [0.3, 0.4) is 0 Å². The molecule has 0 atom stereocenters. The van der Waals surface area contributed by atoms with Gasteiger partial charge in [-0.15, -0.1) is 59.7 Å². The Kier molecular flexibility index (Phi) is 13.6. The van der Waals surface area contributed by atoms with E-state index in [-0.39, 0.29) is 20.1 Å². The van der Waals surface area contributed by atoms with E-state index in [4.69, 9.17) is 4.98 Å². The molecule has 10 rings (SSSR count). The maximum atomic E-state index is 5.32. The molecule has 10 aromatic rings. The minimum Gasteiger partial charge on any atom is -0.351 e. The number of para-hydroxylation sites is 4. The van der Waals surface area contributed by atoms with Gasteiger partial charge in [0.25, 0.3) is 0 Å². The molecule has 66 heavy (non-hydrogen) atoms. The number of aromatic nitrogens is 4. The van der Waals surface area contributed by atoms with Gasteiger partial charge >= 0.3 is 0 Å². The molecule has 333 valence electrons. The molecule has 1 radical (unpaired) electrons. The van der Waals surface area contributed by atoms with E-state index in [0.717, 1.165) is 44.9 Å². The van der Waals surface area contributed by atoms with E-state index in [1.54, 1.807) is 0 Å². The Labute approximate surface area is 405 Å². The number of hydrogen-bond donors (Lipinski definition) is 0. The Morgan fingerprint density at radius 3 is 1.76 bits per heavy atom. The van der Waals surface area contributed by atoms with E-state index in [2.05, 4.69) is 239 Å². The van der Waals surface area contributed by atoms with Gasteiger partial charge in [-0.25, -0.2) is 0 Å². The molecule has 0 spiro atoms. The van der Waals surface area contributed by atoms with Gasteiger partial charge in [0.2, 0.25) is 0 Å². The summed E-state index contributed by atoms with van der Waals surface area (Å²) in [7, 11) is -1.34. The van der Waals surface area contributed by atoms with Gasteiger partial charge in [0, 0.05) is 43.2 Å². The van der Waals surface area contributed by atoms with E-state index in [0.29, 0.717) is 17.8 Å². The summed E-state index contributed by atoms with van der Waals surface area (Å²) in [5.74, 6) is 2.06. The fourth-order valence-electron chi connectivity index (χ4n) is 9.22. The molecule has 3 heterocycles. The van der Waals surface area contributed by atoms with Crippen molar-refractivity contribution in [3.63, 3.8) is 0 Å². The van der Waals surface area contributed by atoms with Crippen molar-refractivity contribution in [1.29, 1.82) is 0 Å². The monoisotopic (exact) mass is 1060 g/mol. The van der Waals surface area contributed by atoms with Gasteiger partial charge in [-0.1, -0.05) is 157 Å². The fourth-order valence-corrected chi connectivity index (χ4v) is 10.9. The topological polar surface area (TPSA) is 35.6 Å². The minimum absolute atomic E-state index is 0. The number of rotatable bonds is 9. The first kappa shape index (κ1) is 46.4. The quantitative estimate of drug-likeness (QED) is 0.107. The Hall–Kier alpha value is -6.17. The normalized spacial score (nSPS) is 11.7. The van der Waals surface area contributed by atoms with Crippen LogP contribution in [0, 0.1) is 12.1 Å². The molecule has 7 aromatic carbocycles. The van der Waals surface area contributed by atoms with Crippen molar-refractivity contribution in [1.82, 2.24) is 19.1 Å². The fraction of sp³-hybridized carbons (Fsp3) is 0.200. The molecule has 0 fully saturated rings. The largest absolute Gasteiger partial charge is 0.351 e. The summed E-state index contributed by atoms with van der Waals surface area (Å²) in [4.78, 5) is 9.98. The summed E-state index contributed by atoms with van der Waals surface area (Å²) in [5.41, 5.74) is 16.4. The van der Waals surface area contributed by atoms with Gasteiger partial charge in [0.05, 0.1) is 24.9 Å². The second kappa shape index (κ2) is 19.3. The van der Waals surface area contributed by atoms with Crippen LogP contribution in [0.25, 0.3) is 78.0 Å². The van der Waals surface area contributed by atoms with Gasteiger partial charge in [0.15, 0.2) is 0 Å². The Bertz CT molecular complexity index is 3240. The Morgan fingerprint density at radius 2 is 1.12 bits per heavy atom. The second-order valence-corrected chi connectivity index (χ2v) is 24.1. The molecule has 0 bridgehead atoms. The van der Waals surface area contributed by atoms with Gasteiger partial charge < -0.3 is 14.1 Å². The standard InChI is InChI=1S/C43H36N3.C17H22NSi.Ir/c1-28(2)35-26-32(30-15-7-5-8-16-30)27-36(29(3)4)42(35)46-41-22-14-12-20-38(41)44-43(46)31-23-24-40-37(25-31)34-19-11-13-21-39(34)45(40)33-17-9-6-10-18-33;1-13(2)15-11-16(14-9-7-6-8-10-14)18-12-17(15)19(3,4)5;/h5-22,24-29H,1-4H3;6-9,11-13H,1-5H3;/q2*-1;. The van der Waals surface area contributed by atoms with Crippen molar-refractivity contribution < 1.29 is 20.1 Å². The maximum absolute atomic E-state index is 5.32.